The predicted molar refractivity (Wildman–Crippen MR) is 62.7 cm³/mol. The first-order chi connectivity index (χ1) is 6.09. The Bertz CT molecular complexity index is 289. The highest BCUT2D eigenvalue weighted by Gasteiger charge is 2.07. The molecule has 0 fully saturated rings. The van der Waals surface area contributed by atoms with Gasteiger partial charge in [-0.2, -0.15) is 0 Å². The molecule has 1 atom stereocenters. The number of carbonyl (C=O) groups is 1. The number of ketones is 1. The number of benzene rings is 1. The van der Waals surface area contributed by atoms with Crippen molar-refractivity contribution in [3.63, 3.8) is 0 Å². The summed E-state index contributed by atoms with van der Waals surface area (Å²) in [5.41, 5.74) is 1.24. The molecule has 1 aromatic carbocycles. The maximum atomic E-state index is 11.0. The molecule has 1 rings (SSSR count). The van der Waals surface area contributed by atoms with Crippen LogP contribution in [0.2, 0.25) is 0 Å². The Morgan fingerprint density at radius 3 is 2.38 bits per heavy atom. The Hall–Kier alpha value is -0.380. The Morgan fingerprint density at radius 2 is 1.92 bits per heavy atom. The lowest BCUT2D eigenvalue weighted by molar-refractivity contribution is -0.120. The molecule has 13 heavy (non-hydrogen) atoms. The molecule has 2 heteroatoms. The van der Waals surface area contributed by atoms with E-state index in [1.165, 1.54) is 9.13 Å². The van der Waals surface area contributed by atoms with Crippen molar-refractivity contribution in [1.82, 2.24) is 0 Å². The molecule has 1 unspecified atom stereocenters. The van der Waals surface area contributed by atoms with Crippen LogP contribution < -0.4 is 0 Å². The van der Waals surface area contributed by atoms with Gasteiger partial charge in [0.2, 0.25) is 0 Å². The molecule has 0 aliphatic rings. The van der Waals surface area contributed by atoms with Crippen molar-refractivity contribution in [3.05, 3.63) is 33.4 Å². The van der Waals surface area contributed by atoms with Gasteiger partial charge in [-0.3, -0.25) is 4.79 Å². The zero-order valence-corrected chi connectivity index (χ0v) is 10.0. The summed E-state index contributed by atoms with van der Waals surface area (Å²) in [7, 11) is 0. The van der Waals surface area contributed by atoms with Crippen LogP contribution in [-0.4, -0.2) is 5.78 Å². The van der Waals surface area contributed by atoms with Gasteiger partial charge in [-0.25, -0.2) is 0 Å². The first kappa shape index (κ1) is 10.7. The van der Waals surface area contributed by atoms with Crippen LogP contribution in [0.1, 0.15) is 19.4 Å². The summed E-state index contributed by atoms with van der Waals surface area (Å²) < 4.78 is 1.23. The van der Waals surface area contributed by atoms with Crippen LogP contribution in [0.3, 0.4) is 0 Å². The number of hydrogen-bond acceptors (Lipinski definition) is 1. The molecule has 0 saturated carbocycles. The van der Waals surface area contributed by atoms with Crippen LogP contribution in [0, 0.1) is 9.49 Å². The molecule has 0 aromatic heterocycles. The second-order valence-electron chi connectivity index (χ2n) is 3.34. The van der Waals surface area contributed by atoms with Crippen molar-refractivity contribution in [2.45, 2.75) is 20.3 Å². The summed E-state index contributed by atoms with van der Waals surface area (Å²) in [5.74, 6) is 0.401. The lowest BCUT2D eigenvalue weighted by Crippen LogP contribution is -2.09. The van der Waals surface area contributed by atoms with Gasteiger partial charge < -0.3 is 0 Å². The third kappa shape index (κ3) is 3.46. The van der Waals surface area contributed by atoms with Crippen molar-refractivity contribution >= 4 is 28.4 Å². The van der Waals surface area contributed by atoms with E-state index in [0.29, 0.717) is 0 Å². The maximum Gasteiger partial charge on any atom is 0.132 e. The van der Waals surface area contributed by atoms with Gasteiger partial charge in [0.15, 0.2) is 0 Å². The van der Waals surface area contributed by atoms with Gasteiger partial charge in [-0.1, -0.05) is 19.1 Å². The molecule has 0 saturated heterocycles. The molecule has 0 aliphatic carbocycles. The van der Waals surface area contributed by atoms with E-state index < -0.39 is 0 Å². The summed E-state index contributed by atoms with van der Waals surface area (Å²) in [6, 6.07) is 8.31. The molecule has 0 heterocycles. The van der Waals surface area contributed by atoms with Crippen molar-refractivity contribution in [3.8, 4) is 0 Å². The molecule has 0 radical (unpaired) electrons. The number of hydrogen-bond donors (Lipinski definition) is 0. The van der Waals surface area contributed by atoms with Crippen LogP contribution in [0.4, 0.5) is 0 Å². The highest BCUT2D eigenvalue weighted by Crippen LogP contribution is 2.11. The molecule has 0 aliphatic heterocycles. The highest BCUT2D eigenvalue weighted by atomic mass is 127. The fraction of sp³-hybridized carbons (Fsp3) is 0.364. The highest BCUT2D eigenvalue weighted by molar-refractivity contribution is 14.1. The fourth-order valence-corrected chi connectivity index (χ4v) is 1.48. The monoisotopic (exact) mass is 288 g/mol. The standard InChI is InChI=1S/C11H13IO/c1-8(9(2)13)7-10-3-5-11(12)6-4-10/h3-6,8H,7H2,1-2H3. The van der Waals surface area contributed by atoms with Crippen molar-refractivity contribution in [2.24, 2.45) is 5.92 Å². The van der Waals surface area contributed by atoms with Crippen molar-refractivity contribution in [1.29, 1.82) is 0 Å². The topological polar surface area (TPSA) is 17.1 Å². The van der Waals surface area contributed by atoms with Crippen molar-refractivity contribution < 1.29 is 4.79 Å². The van der Waals surface area contributed by atoms with Crippen LogP contribution in [0.5, 0.6) is 0 Å². The molecule has 1 nitrogen and oxygen atoms in total. The van der Waals surface area contributed by atoms with Gasteiger partial charge in [0, 0.05) is 9.49 Å². The number of halogens is 1. The van der Waals surface area contributed by atoms with Crippen LogP contribution in [0.15, 0.2) is 24.3 Å². The lowest BCUT2D eigenvalue weighted by atomic mass is 9.98. The van der Waals surface area contributed by atoms with Gasteiger partial charge in [0.05, 0.1) is 0 Å². The summed E-state index contributed by atoms with van der Waals surface area (Å²) >= 11 is 2.28. The van der Waals surface area contributed by atoms with E-state index in [0.717, 1.165) is 6.42 Å². The minimum atomic E-state index is 0.139. The van der Waals surface area contributed by atoms with E-state index >= 15 is 0 Å². The molecule has 0 amide bonds. The molecule has 0 spiro atoms. The predicted octanol–water partition coefficient (Wildman–Crippen LogP) is 3.06. The maximum absolute atomic E-state index is 11.0. The summed E-state index contributed by atoms with van der Waals surface area (Å²) in [6.45, 7) is 3.62. The van der Waals surface area contributed by atoms with E-state index in [1.54, 1.807) is 6.92 Å². The molecule has 1 aromatic rings. The fourth-order valence-electron chi connectivity index (χ4n) is 1.12. The molecule has 0 bridgehead atoms. The number of carbonyl (C=O) groups excluding carboxylic acids is 1. The Morgan fingerprint density at radius 1 is 1.38 bits per heavy atom. The van der Waals surface area contributed by atoms with Gasteiger partial charge >= 0.3 is 0 Å². The summed E-state index contributed by atoms with van der Waals surface area (Å²) in [5, 5.41) is 0. The van der Waals surface area contributed by atoms with Gasteiger partial charge in [-0.05, 0) is 53.6 Å². The molecule has 70 valence electrons. The normalized spacial score (nSPS) is 12.5. The SMILES string of the molecule is CC(=O)C(C)Cc1ccc(I)cc1. The second-order valence-corrected chi connectivity index (χ2v) is 4.59. The first-order valence-corrected chi connectivity index (χ1v) is 5.42. The first-order valence-electron chi connectivity index (χ1n) is 4.34. The van der Waals surface area contributed by atoms with Crippen LogP contribution in [0.25, 0.3) is 0 Å². The van der Waals surface area contributed by atoms with E-state index in [9.17, 15) is 4.79 Å². The third-order valence-electron chi connectivity index (χ3n) is 2.15. The minimum absolute atomic E-state index is 0.139. The van der Waals surface area contributed by atoms with Crippen LogP contribution >= 0.6 is 22.6 Å². The van der Waals surface area contributed by atoms with Gasteiger partial charge in [0.25, 0.3) is 0 Å². The number of Topliss-reactive ketones (excluding diaryl/α,β-unsaturated/α-hetero) is 1. The molecular weight excluding hydrogens is 275 g/mol. The van der Waals surface area contributed by atoms with E-state index in [4.69, 9.17) is 0 Å². The van der Waals surface area contributed by atoms with Gasteiger partial charge in [-0.15, -0.1) is 0 Å². The Labute approximate surface area is 92.7 Å². The zero-order chi connectivity index (χ0) is 9.84. The lowest BCUT2D eigenvalue weighted by Gasteiger charge is -2.06. The van der Waals surface area contributed by atoms with E-state index in [1.807, 2.05) is 6.92 Å². The summed E-state index contributed by atoms with van der Waals surface area (Å²) in [4.78, 5) is 11.0. The largest absolute Gasteiger partial charge is 0.300 e. The van der Waals surface area contributed by atoms with Crippen LogP contribution in [-0.2, 0) is 11.2 Å². The average Bonchev–Trinajstić information content (AvgIpc) is 2.08. The summed E-state index contributed by atoms with van der Waals surface area (Å²) in [6.07, 6.45) is 0.853. The second kappa shape index (κ2) is 4.74. The quantitative estimate of drug-likeness (QED) is 0.781. The number of rotatable bonds is 3. The molecular formula is C11H13IO. The average molecular weight is 288 g/mol. The van der Waals surface area contributed by atoms with E-state index in [-0.39, 0.29) is 11.7 Å². The third-order valence-corrected chi connectivity index (χ3v) is 2.87. The van der Waals surface area contributed by atoms with Gasteiger partial charge in [0.1, 0.15) is 5.78 Å². The van der Waals surface area contributed by atoms with Crippen molar-refractivity contribution in [2.75, 3.05) is 0 Å². The molecule has 0 N–H and O–H groups in total. The zero-order valence-electron chi connectivity index (χ0n) is 7.88. The smallest absolute Gasteiger partial charge is 0.132 e. The Kier molecular flexibility index (Phi) is 3.90. The Balaban J connectivity index is 2.64. The van der Waals surface area contributed by atoms with E-state index in [2.05, 4.69) is 46.9 Å². The minimum Gasteiger partial charge on any atom is -0.300 e.